The first kappa shape index (κ1) is 14.5. The molecule has 2 heterocycles. The summed E-state index contributed by atoms with van der Waals surface area (Å²) in [6.07, 6.45) is 0.219. The average molecular weight is 333 g/mol. The van der Waals surface area contributed by atoms with E-state index in [1.54, 1.807) is 11.3 Å². The van der Waals surface area contributed by atoms with Gasteiger partial charge >= 0.3 is 0 Å². The zero-order valence-corrected chi connectivity index (χ0v) is 13.6. The molecule has 3 nitrogen and oxygen atoms in total. The Morgan fingerprint density at radius 2 is 2.28 bits per heavy atom. The number of hydrogen-bond acceptors (Lipinski definition) is 4. The Labute approximate surface area is 122 Å². The van der Waals surface area contributed by atoms with Gasteiger partial charge < -0.3 is 10.1 Å². The molecule has 102 valence electrons. The first-order chi connectivity index (χ1) is 8.63. The zero-order chi connectivity index (χ0) is 13.1. The van der Waals surface area contributed by atoms with Crippen molar-refractivity contribution >= 4 is 27.3 Å². The van der Waals surface area contributed by atoms with Crippen LogP contribution >= 0.6 is 27.3 Å². The fourth-order valence-electron chi connectivity index (χ4n) is 2.42. The van der Waals surface area contributed by atoms with E-state index < -0.39 is 0 Å². The molecule has 5 heteroatoms. The Morgan fingerprint density at radius 3 is 2.83 bits per heavy atom. The van der Waals surface area contributed by atoms with E-state index in [9.17, 15) is 0 Å². The van der Waals surface area contributed by atoms with E-state index in [0.717, 1.165) is 19.7 Å². The van der Waals surface area contributed by atoms with Gasteiger partial charge in [-0.3, -0.25) is 4.90 Å². The number of rotatable bonds is 4. The predicted octanol–water partition coefficient (Wildman–Crippen LogP) is 2.88. The molecular formula is C13H21BrN2OS. The van der Waals surface area contributed by atoms with Crippen molar-refractivity contribution in [3.05, 3.63) is 20.8 Å². The Hall–Kier alpha value is 0.0600. The van der Waals surface area contributed by atoms with Crippen molar-refractivity contribution < 1.29 is 4.74 Å². The quantitative estimate of drug-likeness (QED) is 0.917. The molecule has 1 aromatic rings. The van der Waals surface area contributed by atoms with Crippen LogP contribution in [0.4, 0.5) is 0 Å². The van der Waals surface area contributed by atoms with Gasteiger partial charge in [0.1, 0.15) is 0 Å². The third-order valence-electron chi connectivity index (χ3n) is 3.52. The van der Waals surface area contributed by atoms with Crippen LogP contribution in [-0.2, 0) is 4.74 Å². The van der Waals surface area contributed by atoms with Gasteiger partial charge in [-0.1, -0.05) is 0 Å². The molecule has 1 saturated heterocycles. The number of thiophene rings is 1. The minimum Gasteiger partial charge on any atom is -0.374 e. The first-order valence-corrected chi connectivity index (χ1v) is 8.11. The third-order valence-corrected chi connectivity index (χ3v) is 5.27. The lowest BCUT2D eigenvalue weighted by molar-refractivity contribution is -0.0550. The highest BCUT2D eigenvalue weighted by Gasteiger charge is 2.30. The van der Waals surface area contributed by atoms with E-state index in [1.165, 1.54) is 10.0 Å². The minimum atomic E-state index is 0.219. The summed E-state index contributed by atoms with van der Waals surface area (Å²) in [5.41, 5.74) is 1.30. The van der Waals surface area contributed by atoms with Crippen molar-refractivity contribution in [1.82, 2.24) is 10.2 Å². The van der Waals surface area contributed by atoms with Gasteiger partial charge in [0.15, 0.2) is 0 Å². The van der Waals surface area contributed by atoms with Crippen LogP contribution in [0.2, 0.25) is 0 Å². The van der Waals surface area contributed by atoms with Gasteiger partial charge in [0, 0.05) is 29.0 Å². The van der Waals surface area contributed by atoms with E-state index in [0.29, 0.717) is 6.04 Å². The van der Waals surface area contributed by atoms with E-state index in [2.05, 4.69) is 50.8 Å². The van der Waals surface area contributed by atoms with Crippen LogP contribution < -0.4 is 5.32 Å². The number of nitrogens with one attached hydrogen (secondary N) is 1. The molecule has 2 unspecified atom stereocenters. The summed E-state index contributed by atoms with van der Waals surface area (Å²) < 4.78 is 7.15. The maximum atomic E-state index is 5.97. The van der Waals surface area contributed by atoms with Crippen LogP contribution in [0.3, 0.4) is 0 Å². The van der Waals surface area contributed by atoms with E-state index in [4.69, 9.17) is 4.74 Å². The summed E-state index contributed by atoms with van der Waals surface area (Å²) >= 11 is 5.34. The molecule has 1 N–H and O–H groups in total. The molecule has 1 aliphatic heterocycles. The van der Waals surface area contributed by atoms with Gasteiger partial charge in [0.05, 0.1) is 18.8 Å². The second-order valence-corrected chi connectivity index (χ2v) is 6.54. The van der Waals surface area contributed by atoms with E-state index >= 15 is 0 Å². The van der Waals surface area contributed by atoms with Crippen molar-refractivity contribution in [2.45, 2.75) is 32.0 Å². The van der Waals surface area contributed by atoms with Crippen molar-refractivity contribution in [2.24, 2.45) is 0 Å². The number of hydrogen-bond donors (Lipinski definition) is 1. The lowest BCUT2D eigenvalue weighted by atomic mass is 10.0. The first-order valence-electron chi connectivity index (χ1n) is 6.38. The molecule has 0 bridgehead atoms. The second kappa shape index (κ2) is 6.48. The van der Waals surface area contributed by atoms with Gasteiger partial charge in [-0.05, 0) is 47.8 Å². The summed E-state index contributed by atoms with van der Waals surface area (Å²) in [6.45, 7) is 7.35. The SMILES string of the molecule is CNC(c1cscc1Br)C1CN(C(C)C)CCO1. The Balaban J connectivity index is 2.11. The number of likely N-dealkylation sites (N-methyl/N-ethyl adjacent to an activating group) is 1. The number of ether oxygens (including phenoxy) is 1. The molecule has 0 radical (unpaired) electrons. The maximum Gasteiger partial charge on any atom is 0.0897 e. The van der Waals surface area contributed by atoms with Gasteiger partial charge in [-0.2, -0.15) is 11.3 Å². The molecule has 0 aliphatic carbocycles. The molecule has 0 amide bonds. The van der Waals surface area contributed by atoms with Crippen LogP contribution in [-0.4, -0.2) is 43.8 Å². The lowest BCUT2D eigenvalue weighted by Crippen LogP contribution is -2.49. The molecule has 2 rings (SSSR count). The molecule has 1 fully saturated rings. The van der Waals surface area contributed by atoms with Gasteiger partial charge in [-0.15, -0.1) is 0 Å². The summed E-state index contributed by atoms with van der Waals surface area (Å²) in [5.74, 6) is 0. The van der Waals surface area contributed by atoms with Crippen molar-refractivity contribution in [1.29, 1.82) is 0 Å². The lowest BCUT2D eigenvalue weighted by Gasteiger charge is -2.38. The molecule has 0 aromatic carbocycles. The predicted molar refractivity (Wildman–Crippen MR) is 80.3 cm³/mol. The summed E-state index contributed by atoms with van der Waals surface area (Å²) in [4.78, 5) is 2.48. The molecule has 0 saturated carbocycles. The average Bonchev–Trinajstić information content (AvgIpc) is 2.77. The molecular weight excluding hydrogens is 312 g/mol. The van der Waals surface area contributed by atoms with Gasteiger partial charge in [0.25, 0.3) is 0 Å². The molecule has 1 aromatic heterocycles. The standard InChI is InChI=1S/C13H21BrN2OS/c1-9(2)16-4-5-17-12(6-16)13(15-3)10-7-18-8-11(10)14/h7-9,12-13,15H,4-6H2,1-3H3. The van der Waals surface area contributed by atoms with Crippen LogP contribution in [0.25, 0.3) is 0 Å². The topological polar surface area (TPSA) is 24.5 Å². The number of halogens is 1. The van der Waals surface area contributed by atoms with Crippen LogP contribution in [0.15, 0.2) is 15.2 Å². The van der Waals surface area contributed by atoms with E-state index in [1.807, 2.05) is 7.05 Å². The van der Waals surface area contributed by atoms with Crippen LogP contribution in [0.5, 0.6) is 0 Å². The highest BCUT2D eigenvalue weighted by atomic mass is 79.9. The highest BCUT2D eigenvalue weighted by molar-refractivity contribution is 9.10. The molecule has 18 heavy (non-hydrogen) atoms. The second-order valence-electron chi connectivity index (χ2n) is 4.94. The van der Waals surface area contributed by atoms with Gasteiger partial charge in [-0.25, -0.2) is 0 Å². The minimum absolute atomic E-state index is 0.219. The smallest absolute Gasteiger partial charge is 0.0897 e. The summed E-state index contributed by atoms with van der Waals surface area (Å²) in [7, 11) is 2.01. The maximum absolute atomic E-state index is 5.97. The fraction of sp³-hybridized carbons (Fsp3) is 0.692. The van der Waals surface area contributed by atoms with Crippen LogP contribution in [0, 0.1) is 0 Å². The number of morpholine rings is 1. The van der Waals surface area contributed by atoms with E-state index in [-0.39, 0.29) is 12.1 Å². The third kappa shape index (κ3) is 3.14. The fourth-order valence-corrected chi connectivity index (χ4v) is 4.00. The largest absolute Gasteiger partial charge is 0.374 e. The van der Waals surface area contributed by atoms with Crippen molar-refractivity contribution in [2.75, 3.05) is 26.7 Å². The molecule has 0 spiro atoms. The molecule has 2 atom stereocenters. The molecule has 1 aliphatic rings. The number of nitrogens with zero attached hydrogens (tertiary/aromatic N) is 1. The zero-order valence-electron chi connectivity index (χ0n) is 11.1. The van der Waals surface area contributed by atoms with Crippen molar-refractivity contribution in [3.63, 3.8) is 0 Å². The summed E-state index contributed by atoms with van der Waals surface area (Å²) in [6, 6.07) is 0.840. The van der Waals surface area contributed by atoms with Gasteiger partial charge in [0.2, 0.25) is 0 Å². The Bertz CT molecular complexity index is 383. The highest BCUT2D eigenvalue weighted by Crippen LogP contribution is 2.31. The monoisotopic (exact) mass is 332 g/mol. The normalized spacial score (nSPS) is 23.5. The van der Waals surface area contributed by atoms with Crippen molar-refractivity contribution in [3.8, 4) is 0 Å². The Morgan fingerprint density at radius 1 is 1.50 bits per heavy atom. The Kier molecular flexibility index (Phi) is 5.21. The van der Waals surface area contributed by atoms with Crippen LogP contribution in [0.1, 0.15) is 25.5 Å². The summed E-state index contributed by atoms with van der Waals surface area (Å²) in [5, 5.41) is 7.72.